The smallest absolute Gasteiger partial charge is 0.315 e. The first-order chi connectivity index (χ1) is 13.6. The van der Waals surface area contributed by atoms with E-state index in [-0.39, 0.29) is 24.6 Å². The van der Waals surface area contributed by atoms with Crippen molar-refractivity contribution in [2.75, 3.05) is 13.2 Å². The van der Waals surface area contributed by atoms with Gasteiger partial charge < -0.3 is 15.7 Å². The SMILES string of the molecule is CCCCCCCCC=CCCCCCCCCNC(=O)N[C@@H](CO)C(C)C. The summed E-state index contributed by atoms with van der Waals surface area (Å²) in [6.45, 7) is 6.95. The summed E-state index contributed by atoms with van der Waals surface area (Å²) in [4.78, 5) is 11.7. The Morgan fingerprint density at radius 2 is 1.32 bits per heavy atom. The fraction of sp³-hybridized carbons (Fsp3) is 0.875. The van der Waals surface area contributed by atoms with Crippen molar-refractivity contribution in [3.8, 4) is 0 Å². The normalized spacial score (nSPS) is 12.6. The van der Waals surface area contributed by atoms with Crippen molar-refractivity contribution in [3.05, 3.63) is 12.2 Å². The Morgan fingerprint density at radius 1 is 0.821 bits per heavy atom. The van der Waals surface area contributed by atoms with Crippen LogP contribution >= 0.6 is 0 Å². The molecule has 0 rings (SSSR count). The minimum atomic E-state index is -0.167. The number of aliphatic hydroxyl groups excluding tert-OH is 1. The maximum atomic E-state index is 11.7. The Labute approximate surface area is 174 Å². The van der Waals surface area contributed by atoms with E-state index < -0.39 is 0 Å². The fourth-order valence-electron chi connectivity index (χ4n) is 3.22. The third-order valence-electron chi connectivity index (χ3n) is 5.29. The van der Waals surface area contributed by atoms with E-state index in [1.165, 1.54) is 83.5 Å². The zero-order valence-electron chi connectivity index (χ0n) is 19.0. The number of urea groups is 1. The first-order valence-corrected chi connectivity index (χ1v) is 11.9. The summed E-state index contributed by atoms with van der Waals surface area (Å²) in [5.74, 6) is 0.237. The second-order valence-corrected chi connectivity index (χ2v) is 8.37. The van der Waals surface area contributed by atoms with Gasteiger partial charge in [-0.15, -0.1) is 0 Å². The summed E-state index contributed by atoms with van der Waals surface area (Å²) >= 11 is 0. The highest BCUT2D eigenvalue weighted by Crippen LogP contribution is 2.09. The number of allylic oxidation sites excluding steroid dienone is 2. The highest BCUT2D eigenvalue weighted by atomic mass is 16.3. The van der Waals surface area contributed by atoms with E-state index in [9.17, 15) is 9.90 Å². The van der Waals surface area contributed by atoms with Gasteiger partial charge in [0.2, 0.25) is 0 Å². The molecule has 0 aliphatic heterocycles. The summed E-state index contributed by atoms with van der Waals surface area (Å²) in [7, 11) is 0. The molecule has 0 aliphatic rings. The van der Waals surface area contributed by atoms with Crippen LogP contribution in [0.3, 0.4) is 0 Å². The van der Waals surface area contributed by atoms with Gasteiger partial charge in [-0.05, 0) is 38.0 Å². The number of aliphatic hydroxyl groups is 1. The lowest BCUT2D eigenvalue weighted by atomic mass is 10.1. The first-order valence-electron chi connectivity index (χ1n) is 11.9. The van der Waals surface area contributed by atoms with Crippen LogP contribution in [-0.2, 0) is 0 Å². The lowest BCUT2D eigenvalue weighted by Crippen LogP contribution is -2.46. The average molecular weight is 397 g/mol. The number of hydrogen-bond acceptors (Lipinski definition) is 2. The molecule has 1 atom stereocenters. The van der Waals surface area contributed by atoms with Gasteiger partial charge in [-0.3, -0.25) is 0 Å². The third-order valence-corrected chi connectivity index (χ3v) is 5.29. The number of carbonyl (C=O) groups excluding carboxylic acids is 1. The van der Waals surface area contributed by atoms with Crippen molar-refractivity contribution < 1.29 is 9.90 Å². The third kappa shape index (κ3) is 18.3. The quantitative estimate of drug-likeness (QED) is 0.176. The summed E-state index contributed by atoms with van der Waals surface area (Å²) in [6.07, 6.45) is 22.8. The van der Waals surface area contributed by atoms with E-state index in [2.05, 4.69) is 29.7 Å². The molecule has 0 aromatic rings. The van der Waals surface area contributed by atoms with Gasteiger partial charge in [0.15, 0.2) is 0 Å². The van der Waals surface area contributed by atoms with Gasteiger partial charge in [0.25, 0.3) is 0 Å². The molecule has 0 spiro atoms. The Morgan fingerprint density at radius 3 is 1.82 bits per heavy atom. The Hall–Kier alpha value is -1.03. The van der Waals surface area contributed by atoms with Crippen LogP contribution in [0.4, 0.5) is 4.79 Å². The molecule has 4 heteroatoms. The topological polar surface area (TPSA) is 61.4 Å². The van der Waals surface area contributed by atoms with Gasteiger partial charge in [0.05, 0.1) is 12.6 Å². The van der Waals surface area contributed by atoms with Crippen LogP contribution in [0.25, 0.3) is 0 Å². The second-order valence-electron chi connectivity index (χ2n) is 8.37. The monoisotopic (exact) mass is 396 g/mol. The number of rotatable bonds is 19. The van der Waals surface area contributed by atoms with Crippen molar-refractivity contribution in [1.82, 2.24) is 10.6 Å². The molecular weight excluding hydrogens is 348 g/mol. The molecule has 28 heavy (non-hydrogen) atoms. The largest absolute Gasteiger partial charge is 0.394 e. The Bertz CT molecular complexity index is 370. The van der Waals surface area contributed by atoms with Crippen LogP contribution in [0.15, 0.2) is 12.2 Å². The predicted molar refractivity (Wildman–Crippen MR) is 122 cm³/mol. The van der Waals surface area contributed by atoms with Gasteiger partial charge >= 0.3 is 6.03 Å². The van der Waals surface area contributed by atoms with Crippen molar-refractivity contribution in [2.45, 2.75) is 117 Å². The van der Waals surface area contributed by atoms with Crippen molar-refractivity contribution in [2.24, 2.45) is 5.92 Å². The molecule has 166 valence electrons. The molecule has 0 unspecified atom stereocenters. The number of nitrogens with one attached hydrogen (secondary N) is 2. The van der Waals surface area contributed by atoms with E-state index in [0.29, 0.717) is 6.54 Å². The zero-order chi connectivity index (χ0) is 20.9. The van der Waals surface area contributed by atoms with Gasteiger partial charge in [-0.25, -0.2) is 4.79 Å². The van der Waals surface area contributed by atoms with E-state index in [0.717, 1.165) is 6.42 Å². The van der Waals surface area contributed by atoms with Crippen molar-refractivity contribution in [3.63, 3.8) is 0 Å². The standard InChI is InChI=1S/C24H48N2O2/c1-4-5-6-7-8-9-10-11-12-13-14-15-16-17-18-19-20-25-24(28)26-23(21-27)22(2)3/h11-12,22-23,27H,4-10,13-21H2,1-3H3,(H2,25,26,28)/t23-/m0/s1. The lowest BCUT2D eigenvalue weighted by molar-refractivity contribution is 0.198. The molecule has 0 aromatic heterocycles. The highest BCUT2D eigenvalue weighted by molar-refractivity contribution is 5.74. The van der Waals surface area contributed by atoms with E-state index in [1.807, 2.05) is 13.8 Å². The molecule has 0 saturated carbocycles. The van der Waals surface area contributed by atoms with E-state index in [1.54, 1.807) is 0 Å². The molecule has 2 amide bonds. The number of hydrogen-bond donors (Lipinski definition) is 3. The maximum absolute atomic E-state index is 11.7. The minimum absolute atomic E-state index is 0.0146. The number of unbranched alkanes of at least 4 members (excludes halogenated alkanes) is 12. The van der Waals surface area contributed by atoms with Gasteiger partial charge in [-0.1, -0.05) is 90.7 Å². The van der Waals surface area contributed by atoms with E-state index in [4.69, 9.17) is 0 Å². The molecule has 0 saturated heterocycles. The average Bonchev–Trinajstić information content (AvgIpc) is 2.68. The molecule has 0 fully saturated rings. The molecular formula is C24H48N2O2. The zero-order valence-corrected chi connectivity index (χ0v) is 19.0. The van der Waals surface area contributed by atoms with Gasteiger partial charge in [0.1, 0.15) is 0 Å². The molecule has 3 N–H and O–H groups in total. The predicted octanol–water partition coefficient (Wildman–Crippen LogP) is 6.34. The second kappa shape index (κ2) is 20.7. The summed E-state index contributed by atoms with van der Waals surface area (Å²) < 4.78 is 0. The number of amides is 2. The van der Waals surface area contributed by atoms with E-state index >= 15 is 0 Å². The Balaban J connectivity index is 3.31. The van der Waals surface area contributed by atoms with Crippen LogP contribution in [0.2, 0.25) is 0 Å². The number of carbonyl (C=O) groups is 1. The summed E-state index contributed by atoms with van der Waals surface area (Å²) in [5.41, 5.74) is 0. The minimum Gasteiger partial charge on any atom is -0.394 e. The van der Waals surface area contributed by atoms with Gasteiger partial charge in [-0.2, -0.15) is 0 Å². The first kappa shape index (κ1) is 27.0. The van der Waals surface area contributed by atoms with Crippen LogP contribution < -0.4 is 10.6 Å². The lowest BCUT2D eigenvalue weighted by Gasteiger charge is -2.20. The van der Waals surface area contributed by atoms with Crippen LogP contribution in [-0.4, -0.2) is 30.3 Å². The Kier molecular flexibility index (Phi) is 19.9. The molecule has 0 aromatic carbocycles. The van der Waals surface area contributed by atoms with Crippen LogP contribution in [0.1, 0.15) is 111 Å². The van der Waals surface area contributed by atoms with Crippen molar-refractivity contribution >= 4 is 6.03 Å². The fourth-order valence-corrected chi connectivity index (χ4v) is 3.22. The molecule has 0 aliphatic carbocycles. The molecule has 4 nitrogen and oxygen atoms in total. The molecule has 0 heterocycles. The molecule has 0 bridgehead atoms. The van der Waals surface area contributed by atoms with Crippen LogP contribution in [0.5, 0.6) is 0 Å². The maximum Gasteiger partial charge on any atom is 0.315 e. The highest BCUT2D eigenvalue weighted by Gasteiger charge is 2.14. The van der Waals surface area contributed by atoms with Crippen LogP contribution in [0, 0.1) is 5.92 Å². The van der Waals surface area contributed by atoms with Crippen molar-refractivity contribution in [1.29, 1.82) is 0 Å². The van der Waals surface area contributed by atoms with Gasteiger partial charge in [0, 0.05) is 6.54 Å². The molecule has 0 radical (unpaired) electrons. The summed E-state index contributed by atoms with van der Waals surface area (Å²) in [5, 5.41) is 14.9. The summed E-state index contributed by atoms with van der Waals surface area (Å²) in [6, 6.07) is -0.333.